The fourth-order valence-electron chi connectivity index (χ4n) is 2.60. The predicted molar refractivity (Wildman–Crippen MR) is 114 cm³/mol. The van der Waals surface area contributed by atoms with E-state index in [1.54, 1.807) is 13.8 Å². The first kappa shape index (κ1) is 23.1. The van der Waals surface area contributed by atoms with Crippen LogP contribution in [0.1, 0.15) is 35.3 Å². The van der Waals surface area contributed by atoms with Gasteiger partial charge in [-0.05, 0) is 73.0 Å². The van der Waals surface area contributed by atoms with E-state index in [9.17, 15) is 18.0 Å². The lowest BCUT2D eigenvalue weighted by atomic mass is 10.1. The molecule has 0 bridgehead atoms. The first-order valence-corrected chi connectivity index (χ1v) is 11.1. The minimum atomic E-state index is -3.77. The summed E-state index contributed by atoms with van der Waals surface area (Å²) < 4.78 is 32.5. The first-order chi connectivity index (χ1) is 13.5. The zero-order valence-corrected chi connectivity index (χ0v) is 19.0. The molecule has 9 heteroatoms. The highest BCUT2D eigenvalue weighted by Gasteiger charge is 2.21. The fraction of sp³-hybridized carbons (Fsp3) is 0.300. The molecule has 0 saturated heterocycles. The minimum Gasteiger partial charge on any atom is -0.452 e. The minimum absolute atomic E-state index is 0.0107. The summed E-state index contributed by atoms with van der Waals surface area (Å²) in [5.74, 6) is -1.30. The SMILES string of the molecule is Cc1cccc(C)c1NC(=O)COC(=O)c1cc(S(=O)(=O)NC(C)C)ccc1Br. The van der Waals surface area contributed by atoms with Crippen molar-refractivity contribution in [2.45, 2.75) is 38.6 Å². The number of sulfonamides is 1. The lowest BCUT2D eigenvalue weighted by molar-refractivity contribution is -0.119. The van der Waals surface area contributed by atoms with Gasteiger partial charge in [-0.2, -0.15) is 0 Å². The quantitative estimate of drug-likeness (QED) is 0.587. The Labute approximate surface area is 179 Å². The Morgan fingerprint density at radius 3 is 2.31 bits per heavy atom. The highest BCUT2D eigenvalue weighted by atomic mass is 79.9. The average Bonchev–Trinajstić information content (AvgIpc) is 2.62. The van der Waals surface area contributed by atoms with E-state index in [1.807, 2.05) is 32.0 Å². The Morgan fingerprint density at radius 1 is 1.10 bits per heavy atom. The van der Waals surface area contributed by atoms with Crippen molar-refractivity contribution >= 4 is 43.5 Å². The summed E-state index contributed by atoms with van der Waals surface area (Å²) in [6.07, 6.45) is 0. The molecule has 0 heterocycles. The monoisotopic (exact) mass is 482 g/mol. The molecule has 0 unspecified atom stereocenters. The third-order valence-electron chi connectivity index (χ3n) is 3.94. The van der Waals surface area contributed by atoms with Gasteiger partial charge < -0.3 is 10.1 Å². The maximum absolute atomic E-state index is 12.4. The van der Waals surface area contributed by atoms with Crippen LogP contribution < -0.4 is 10.0 Å². The van der Waals surface area contributed by atoms with Crippen LogP contribution in [0, 0.1) is 13.8 Å². The highest BCUT2D eigenvalue weighted by molar-refractivity contribution is 9.10. The molecule has 2 N–H and O–H groups in total. The topological polar surface area (TPSA) is 102 Å². The van der Waals surface area contributed by atoms with E-state index in [0.29, 0.717) is 10.2 Å². The van der Waals surface area contributed by atoms with Crippen LogP contribution in [0.3, 0.4) is 0 Å². The van der Waals surface area contributed by atoms with E-state index in [1.165, 1.54) is 18.2 Å². The van der Waals surface area contributed by atoms with Crippen molar-refractivity contribution in [1.82, 2.24) is 4.72 Å². The molecule has 0 aliphatic carbocycles. The third kappa shape index (κ3) is 6.12. The van der Waals surface area contributed by atoms with Crippen LogP contribution in [0.2, 0.25) is 0 Å². The van der Waals surface area contributed by atoms with Crippen LogP contribution in [-0.2, 0) is 19.6 Å². The number of esters is 1. The number of amides is 1. The van der Waals surface area contributed by atoms with Crippen molar-refractivity contribution in [2.75, 3.05) is 11.9 Å². The van der Waals surface area contributed by atoms with Crippen molar-refractivity contribution < 1.29 is 22.7 Å². The van der Waals surface area contributed by atoms with Crippen molar-refractivity contribution in [2.24, 2.45) is 0 Å². The smallest absolute Gasteiger partial charge is 0.339 e. The summed E-state index contributed by atoms with van der Waals surface area (Å²) in [5, 5.41) is 2.72. The number of nitrogens with one attached hydrogen (secondary N) is 2. The van der Waals surface area contributed by atoms with Gasteiger partial charge in [0.05, 0.1) is 10.5 Å². The predicted octanol–water partition coefficient (Wildman–Crippen LogP) is 3.55. The number of ether oxygens (including phenoxy) is 1. The van der Waals surface area contributed by atoms with E-state index in [0.717, 1.165) is 11.1 Å². The third-order valence-corrected chi connectivity index (χ3v) is 6.29. The lowest BCUT2D eigenvalue weighted by Gasteiger charge is -2.13. The second-order valence-electron chi connectivity index (χ2n) is 6.81. The van der Waals surface area contributed by atoms with Crippen LogP contribution in [0.15, 0.2) is 45.8 Å². The van der Waals surface area contributed by atoms with Crippen molar-refractivity contribution in [3.05, 3.63) is 57.6 Å². The van der Waals surface area contributed by atoms with Gasteiger partial charge in [-0.1, -0.05) is 18.2 Å². The molecule has 7 nitrogen and oxygen atoms in total. The number of benzene rings is 2. The fourth-order valence-corrected chi connectivity index (χ4v) is 4.29. The zero-order valence-electron chi connectivity index (χ0n) is 16.6. The van der Waals surface area contributed by atoms with Gasteiger partial charge in [0.25, 0.3) is 5.91 Å². The van der Waals surface area contributed by atoms with E-state index in [2.05, 4.69) is 26.0 Å². The van der Waals surface area contributed by atoms with Gasteiger partial charge in [-0.25, -0.2) is 17.9 Å². The lowest BCUT2D eigenvalue weighted by Crippen LogP contribution is -2.30. The number of halogens is 1. The molecular weight excluding hydrogens is 460 g/mol. The van der Waals surface area contributed by atoms with Crippen LogP contribution >= 0.6 is 15.9 Å². The molecule has 0 aliphatic heterocycles. The Kier molecular flexibility index (Phi) is 7.56. The Morgan fingerprint density at radius 2 is 1.72 bits per heavy atom. The first-order valence-electron chi connectivity index (χ1n) is 8.86. The van der Waals surface area contributed by atoms with Crippen molar-refractivity contribution in [1.29, 1.82) is 0 Å². The van der Waals surface area contributed by atoms with E-state index < -0.39 is 28.5 Å². The highest BCUT2D eigenvalue weighted by Crippen LogP contribution is 2.23. The molecule has 0 aliphatic rings. The molecular formula is C20H23BrN2O5S. The molecule has 29 heavy (non-hydrogen) atoms. The summed E-state index contributed by atoms with van der Waals surface area (Å²) in [6, 6.07) is 9.34. The summed E-state index contributed by atoms with van der Waals surface area (Å²) in [4.78, 5) is 24.5. The second-order valence-corrected chi connectivity index (χ2v) is 9.38. The van der Waals surface area contributed by atoms with Crippen LogP contribution in [-0.4, -0.2) is 32.9 Å². The Bertz CT molecular complexity index is 1010. The molecule has 0 spiro atoms. The number of para-hydroxylation sites is 1. The molecule has 0 radical (unpaired) electrons. The summed E-state index contributed by atoms with van der Waals surface area (Å²) in [6.45, 7) is 6.62. The van der Waals surface area contributed by atoms with Crippen LogP contribution in [0.25, 0.3) is 0 Å². The average molecular weight is 483 g/mol. The van der Waals surface area contributed by atoms with Crippen LogP contribution in [0.4, 0.5) is 5.69 Å². The maximum Gasteiger partial charge on any atom is 0.339 e. The summed E-state index contributed by atoms with van der Waals surface area (Å²) >= 11 is 3.21. The van der Waals surface area contributed by atoms with Gasteiger partial charge in [0.1, 0.15) is 0 Å². The van der Waals surface area contributed by atoms with Crippen LogP contribution in [0.5, 0.6) is 0 Å². The molecule has 0 atom stereocenters. The number of carbonyl (C=O) groups excluding carboxylic acids is 2. The van der Waals surface area contributed by atoms with Gasteiger partial charge in [0, 0.05) is 16.2 Å². The Balaban J connectivity index is 2.11. The van der Waals surface area contributed by atoms with Gasteiger partial charge in [0.15, 0.2) is 6.61 Å². The number of aryl methyl sites for hydroxylation is 2. The molecule has 2 rings (SSSR count). The normalized spacial score (nSPS) is 11.4. The Hall–Kier alpha value is -2.23. The van der Waals surface area contributed by atoms with Gasteiger partial charge in [-0.15, -0.1) is 0 Å². The number of rotatable bonds is 7. The van der Waals surface area contributed by atoms with Gasteiger partial charge >= 0.3 is 5.97 Å². The standard InChI is InChI=1S/C20H23BrN2O5S/c1-12(2)23-29(26,27)15-8-9-17(21)16(10-15)20(25)28-11-18(24)22-19-13(3)6-5-7-14(19)4/h5-10,12,23H,11H2,1-4H3,(H,22,24). The molecule has 156 valence electrons. The van der Waals surface area contributed by atoms with E-state index >= 15 is 0 Å². The second kappa shape index (κ2) is 9.51. The number of hydrogen-bond acceptors (Lipinski definition) is 5. The van der Waals surface area contributed by atoms with E-state index in [4.69, 9.17) is 4.74 Å². The number of hydrogen-bond donors (Lipinski definition) is 2. The number of carbonyl (C=O) groups is 2. The maximum atomic E-state index is 12.4. The molecule has 0 fully saturated rings. The zero-order chi connectivity index (χ0) is 21.8. The molecule has 0 aromatic heterocycles. The van der Waals surface area contributed by atoms with Crippen molar-refractivity contribution in [3.63, 3.8) is 0 Å². The van der Waals surface area contributed by atoms with Gasteiger partial charge in [0.2, 0.25) is 10.0 Å². The molecule has 2 aromatic rings. The number of anilines is 1. The largest absolute Gasteiger partial charge is 0.452 e. The summed E-state index contributed by atoms with van der Waals surface area (Å²) in [5.41, 5.74) is 2.46. The molecule has 2 aromatic carbocycles. The van der Waals surface area contributed by atoms with E-state index in [-0.39, 0.29) is 16.5 Å². The molecule has 0 saturated carbocycles. The van der Waals surface area contributed by atoms with Crippen molar-refractivity contribution in [3.8, 4) is 0 Å². The molecule has 1 amide bonds. The summed E-state index contributed by atoms with van der Waals surface area (Å²) in [7, 11) is -3.77. The van der Waals surface area contributed by atoms with Gasteiger partial charge in [-0.3, -0.25) is 4.79 Å².